The number of hydrogen-bond acceptors (Lipinski definition) is 3. The van der Waals surface area contributed by atoms with Gasteiger partial charge in [0.25, 0.3) is 0 Å². The quantitative estimate of drug-likeness (QED) is 0.484. The van der Waals surface area contributed by atoms with E-state index >= 15 is 0 Å². The molecule has 0 aliphatic heterocycles. The van der Waals surface area contributed by atoms with E-state index in [0.29, 0.717) is 0 Å². The molecule has 4 heteroatoms. The summed E-state index contributed by atoms with van der Waals surface area (Å²) in [5, 5.41) is 0. The molecule has 5 heavy (non-hydrogen) atoms. The Labute approximate surface area is 41.5 Å². The van der Waals surface area contributed by atoms with Gasteiger partial charge in [-0.05, 0) is 23.6 Å². The van der Waals surface area contributed by atoms with E-state index in [0.717, 1.165) is 0 Å². The van der Waals surface area contributed by atoms with Gasteiger partial charge in [0.1, 0.15) is 5.70 Å². The fraction of sp³-hybridized carbons (Fsp3) is 1.00. The molecule has 0 heterocycles. The molecule has 0 aliphatic rings. The van der Waals surface area contributed by atoms with Crippen molar-refractivity contribution in [1.82, 2.24) is 0 Å². The Hall–Kier alpha value is 0.700. The second kappa shape index (κ2) is 2.91. The van der Waals surface area contributed by atoms with Crippen LogP contribution < -0.4 is 0 Å². The molecule has 0 aromatic carbocycles. The lowest BCUT2D eigenvalue weighted by atomic mass is 11.8. The van der Waals surface area contributed by atoms with Crippen molar-refractivity contribution in [1.29, 1.82) is 0 Å². The maximum absolute atomic E-state index is 4.44. The van der Waals surface area contributed by atoms with E-state index in [2.05, 4.69) is 28.1 Å². The van der Waals surface area contributed by atoms with Gasteiger partial charge in [-0.1, -0.05) is 0 Å². The van der Waals surface area contributed by atoms with E-state index in [-0.39, 0.29) is 0 Å². The van der Waals surface area contributed by atoms with Crippen molar-refractivity contribution < 1.29 is 4.52 Å². The predicted molar refractivity (Wildman–Crippen MR) is 28.7 cm³/mol. The molecule has 0 aromatic heterocycles. The summed E-state index contributed by atoms with van der Waals surface area (Å²) in [6.07, 6.45) is 0. The van der Waals surface area contributed by atoms with E-state index in [9.17, 15) is 0 Å². The largest absolute Gasteiger partial charge is 0.318 e. The molecule has 0 fully saturated rings. The monoisotopic (exact) mass is 126 g/mol. The van der Waals surface area contributed by atoms with Crippen molar-refractivity contribution in [3.05, 3.63) is 0 Å². The van der Waals surface area contributed by atoms with Gasteiger partial charge in [0.15, 0.2) is 0 Å². The summed E-state index contributed by atoms with van der Waals surface area (Å²) in [5.74, 6) is 0. The highest BCUT2D eigenvalue weighted by atomic mass is 32.7. The minimum atomic E-state index is -0.932. The van der Waals surface area contributed by atoms with Crippen LogP contribution in [0.3, 0.4) is 0 Å². The number of rotatable bonds is 1. The van der Waals surface area contributed by atoms with Crippen molar-refractivity contribution in [2.45, 2.75) is 0 Å². The highest BCUT2D eigenvalue weighted by molar-refractivity contribution is 8.23. The minimum absolute atomic E-state index is 0.932. The van der Waals surface area contributed by atoms with Gasteiger partial charge in [-0.2, -0.15) is 0 Å². The summed E-state index contributed by atoms with van der Waals surface area (Å²) < 4.78 is 4.44. The van der Waals surface area contributed by atoms with Crippen LogP contribution in [0.5, 0.6) is 0 Å². The summed E-state index contributed by atoms with van der Waals surface area (Å²) in [7, 11) is 1.52. The van der Waals surface area contributed by atoms with Crippen LogP contribution in [0.4, 0.5) is 0 Å². The molecule has 0 unspecified atom stereocenters. The topological polar surface area (TPSA) is 9.23 Å². The molecular weight excluding hydrogens is 123 g/mol. The highest BCUT2D eigenvalue weighted by Gasteiger charge is 1.58. The smallest absolute Gasteiger partial charge is 0.148 e. The lowest BCUT2D eigenvalue weighted by molar-refractivity contribution is 0.485. The zero-order valence-corrected chi connectivity index (χ0v) is 5.20. The van der Waals surface area contributed by atoms with Crippen molar-refractivity contribution in [2.75, 3.05) is 7.11 Å². The Bertz CT molecular complexity index is 67.7. The van der Waals surface area contributed by atoms with E-state index in [4.69, 9.17) is 0 Å². The van der Waals surface area contributed by atoms with Gasteiger partial charge in [-0.25, -0.2) is 0 Å². The van der Waals surface area contributed by atoms with Gasteiger partial charge in [-0.3, -0.25) is 0 Å². The average molecular weight is 126 g/mol. The van der Waals surface area contributed by atoms with Crippen LogP contribution in [0.25, 0.3) is 0 Å². The fourth-order valence-electron chi connectivity index (χ4n) is 0. The molecule has 0 saturated heterocycles. The van der Waals surface area contributed by atoms with Gasteiger partial charge >= 0.3 is 0 Å². The Morgan fingerprint density at radius 3 is 1.80 bits per heavy atom. The Morgan fingerprint density at radius 1 is 1.60 bits per heavy atom. The first-order valence-corrected chi connectivity index (χ1v) is 4.24. The van der Waals surface area contributed by atoms with Gasteiger partial charge in [0, 0.05) is 7.11 Å². The molecule has 0 aliphatic carbocycles. The zero-order valence-electron chi connectivity index (χ0n) is 2.67. The van der Waals surface area contributed by atoms with Crippen molar-refractivity contribution in [2.24, 2.45) is 0 Å². The van der Waals surface area contributed by atoms with E-state index in [1.54, 1.807) is 0 Å². The van der Waals surface area contributed by atoms with Crippen LogP contribution >= 0.6 is 5.70 Å². The summed E-state index contributed by atoms with van der Waals surface area (Å²) >= 11 is 8.88. The first-order valence-electron chi connectivity index (χ1n) is 0.956. The molecule has 0 spiro atoms. The number of hydrogen-bond donors (Lipinski definition) is 0. The lowest BCUT2D eigenvalue weighted by Crippen LogP contribution is -1.47. The zero-order chi connectivity index (χ0) is 4.28. The molecule has 0 bridgehead atoms. The highest BCUT2D eigenvalue weighted by Crippen LogP contribution is 1.99. The molecule has 1 nitrogen and oxygen atoms in total. The Kier molecular flexibility index (Phi) is 3.32. The van der Waals surface area contributed by atoms with E-state index in [1.165, 1.54) is 7.11 Å². The van der Waals surface area contributed by atoms with E-state index < -0.39 is 5.70 Å². The maximum Gasteiger partial charge on any atom is 0.148 e. The third kappa shape index (κ3) is 4.70. The Morgan fingerprint density at radius 2 is 1.80 bits per heavy atom. The summed E-state index contributed by atoms with van der Waals surface area (Å²) in [4.78, 5) is 0. The first kappa shape index (κ1) is 5.70. The fourth-order valence-corrected chi connectivity index (χ4v) is 0. The molecule has 0 saturated carbocycles. The summed E-state index contributed by atoms with van der Waals surface area (Å²) in [5.41, 5.74) is -0.932. The van der Waals surface area contributed by atoms with Crippen LogP contribution in [-0.4, -0.2) is 7.11 Å². The van der Waals surface area contributed by atoms with Gasteiger partial charge in [0.2, 0.25) is 0 Å². The minimum Gasteiger partial charge on any atom is -0.318 e. The van der Waals surface area contributed by atoms with Gasteiger partial charge in [0.05, 0.1) is 0 Å². The van der Waals surface area contributed by atoms with E-state index in [1.807, 2.05) is 0 Å². The second-order valence-corrected chi connectivity index (χ2v) is 3.90. The standard InChI is InChI=1S/CH3OPS2/c1-2-3(4)5/h1H3. The summed E-state index contributed by atoms with van der Waals surface area (Å²) in [6, 6.07) is 0. The third-order valence-corrected chi connectivity index (χ3v) is 1.34. The normalized spacial score (nSPS) is 7.40. The van der Waals surface area contributed by atoms with Crippen LogP contribution in [0.1, 0.15) is 0 Å². The molecule has 0 rings (SSSR count). The van der Waals surface area contributed by atoms with Crippen molar-refractivity contribution in [3.8, 4) is 0 Å². The van der Waals surface area contributed by atoms with Crippen LogP contribution in [0.2, 0.25) is 0 Å². The van der Waals surface area contributed by atoms with Crippen LogP contribution in [0.15, 0.2) is 0 Å². The molecule has 0 radical (unpaired) electrons. The van der Waals surface area contributed by atoms with Crippen molar-refractivity contribution in [3.63, 3.8) is 0 Å². The van der Waals surface area contributed by atoms with Crippen LogP contribution in [0, 0.1) is 0 Å². The van der Waals surface area contributed by atoms with Gasteiger partial charge < -0.3 is 4.52 Å². The van der Waals surface area contributed by atoms with Crippen LogP contribution in [-0.2, 0) is 28.1 Å². The first-order chi connectivity index (χ1) is 2.27. The third-order valence-electron chi connectivity index (χ3n) is 0.149. The molecule has 0 amide bonds. The second-order valence-electron chi connectivity index (χ2n) is 0.406. The molecule has 30 valence electrons. The Balaban J connectivity index is 3.23. The molecule has 0 atom stereocenters. The summed E-state index contributed by atoms with van der Waals surface area (Å²) in [6.45, 7) is 0. The van der Waals surface area contributed by atoms with Crippen molar-refractivity contribution >= 4 is 29.3 Å². The molecule has 0 aromatic rings. The predicted octanol–water partition coefficient (Wildman–Crippen LogP) is 0.954. The molecule has 0 N–H and O–H groups in total. The lowest BCUT2D eigenvalue weighted by Gasteiger charge is -1.69. The SMILES string of the molecule is COP(=S)=S. The molecular formula is CH3OPS2. The average Bonchev–Trinajstić information content (AvgIpc) is 1.38. The maximum atomic E-state index is 4.44. The van der Waals surface area contributed by atoms with Gasteiger partial charge in [-0.15, -0.1) is 0 Å².